The number of carbonyl (C=O) groups excluding carboxylic acids is 1. The van der Waals surface area contributed by atoms with Crippen molar-refractivity contribution in [3.63, 3.8) is 0 Å². The molecule has 1 aliphatic rings. The van der Waals surface area contributed by atoms with Crippen molar-refractivity contribution in [2.24, 2.45) is 0 Å². The lowest BCUT2D eigenvalue weighted by atomic mass is 9.97. The van der Waals surface area contributed by atoms with Gasteiger partial charge in [0.1, 0.15) is 5.69 Å². The number of carboxylic acids is 1. The van der Waals surface area contributed by atoms with E-state index in [-0.39, 0.29) is 17.3 Å². The van der Waals surface area contributed by atoms with E-state index in [2.05, 4.69) is 20.3 Å². The first-order valence-electron chi connectivity index (χ1n) is 8.82. The van der Waals surface area contributed by atoms with Crippen LogP contribution in [-0.2, 0) is 0 Å². The van der Waals surface area contributed by atoms with Gasteiger partial charge in [-0.1, -0.05) is 0 Å². The van der Waals surface area contributed by atoms with Crippen LogP contribution in [-0.4, -0.2) is 54.9 Å². The summed E-state index contributed by atoms with van der Waals surface area (Å²) < 4.78 is 0. The minimum atomic E-state index is -1.16. The number of hydrogen-bond donors (Lipinski definition) is 1. The maximum Gasteiger partial charge on any atom is 0.356 e. The highest BCUT2D eigenvalue weighted by Gasteiger charge is 2.27. The zero-order valence-electron chi connectivity index (χ0n) is 14.9. The summed E-state index contributed by atoms with van der Waals surface area (Å²) in [6.07, 6.45) is 7.50. The van der Waals surface area contributed by atoms with E-state index in [4.69, 9.17) is 10.1 Å². The van der Waals surface area contributed by atoms with Gasteiger partial charge in [0.2, 0.25) is 0 Å². The summed E-state index contributed by atoms with van der Waals surface area (Å²) in [6, 6.07) is 3.88. The van der Waals surface area contributed by atoms with Gasteiger partial charge in [-0.2, -0.15) is 0 Å². The normalized spacial score (nSPS) is 14.8. The van der Waals surface area contributed by atoms with E-state index in [9.17, 15) is 9.59 Å². The van der Waals surface area contributed by atoms with Gasteiger partial charge in [0.05, 0.1) is 23.1 Å². The molecule has 0 atom stereocenters. The van der Waals surface area contributed by atoms with Crippen molar-refractivity contribution in [2.45, 2.75) is 18.8 Å². The molecule has 0 bridgehead atoms. The Morgan fingerprint density at radius 3 is 2.39 bits per heavy atom. The molecule has 1 amide bonds. The lowest BCUT2D eigenvalue weighted by Gasteiger charge is -2.30. The van der Waals surface area contributed by atoms with Crippen LogP contribution >= 0.6 is 11.3 Å². The van der Waals surface area contributed by atoms with Crippen LogP contribution in [0, 0.1) is 0 Å². The number of pyridine rings is 1. The van der Waals surface area contributed by atoms with Crippen LogP contribution in [0.4, 0.5) is 0 Å². The average molecular weight is 395 g/mol. The van der Waals surface area contributed by atoms with Crippen molar-refractivity contribution in [3.8, 4) is 11.3 Å². The molecule has 3 aromatic heterocycles. The molecule has 8 nitrogen and oxygen atoms in total. The summed E-state index contributed by atoms with van der Waals surface area (Å²) in [7, 11) is 0. The SMILES string of the molecule is O=C(O)c1cnc(C(=O)N2CCC(c3nc(-c4ccncc4)cs3)CC2)cn1. The zero-order chi connectivity index (χ0) is 19.5. The van der Waals surface area contributed by atoms with E-state index < -0.39 is 5.97 Å². The van der Waals surface area contributed by atoms with Crippen molar-refractivity contribution in [2.75, 3.05) is 13.1 Å². The monoisotopic (exact) mass is 395 g/mol. The van der Waals surface area contributed by atoms with Crippen molar-refractivity contribution in [1.82, 2.24) is 24.8 Å². The molecule has 0 unspecified atom stereocenters. The molecule has 1 aliphatic heterocycles. The number of hydrogen-bond acceptors (Lipinski definition) is 7. The summed E-state index contributed by atoms with van der Waals surface area (Å²) >= 11 is 1.65. The molecule has 0 aliphatic carbocycles. The second kappa shape index (κ2) is 7.81. The van der Waals surface area contributed by atoms with Gasteiger partial charge >= 0.3 is 5.97 Å². The molecule has 0 aromatic carbocycles. The molecule has 4 heterocycles. The molecular weight excluding hydrogens is 378 g/mol. The molecule has 0 saturated carbocycles. The molecule has 4 rings (SSSR count). The molecule has 3 aromatic rings. The second-order valence-electron chi connectivity index (χ2n) is 6.47. The predicted molar refractivity (Wildman–Crippen MR) is 102 cm³/mol. The van der Waals surface area contributed by atoms with Gasteiger partial charge in [-0.05, 0) is 25.0 Å². The quantitative estimate of drug-likeness (QED) is 0.723. The highest BCUT2D eigenvalue weighted by Crippen LogP contribution is 2.33. The van der Waals surface area contributed by atoms with Gasteiger partial charge in [0.15, 0.2) is 5.69 Å². The van der Waals surface area contributed by atoms with Crippen LogP contribution in [0.5, 0.6) is 0 Å². The third kappa shape index (κ3) is 3.74. The van der Waals surface area contributed by atoms with Gasteiger partial charge in [0.25, 0.3) is 5.91 Å². The Balaban J connectivity index is 1.39. The first kappa shape index (κ1) is 18.2. The fourth-order valence-electron chi connectivity index (χ4n) is 3.17. The molecule has 9 heteroatoms. The maximum absolute atomic E-state index is 12.6. The van der Waals surface area contributed by atoms with Crippen molar-refractivity contribution < 1.29 is 14.7 Å². The average Bonchev–Trinajstić information content (AvgIpc) is 3.24. The highest BCUT2D eigenvalue weighted by atomic mass is 32.1. The first-order chi connectivity index (χ1) is 13.6. The zero-order valence-corrected chi connectivity index (χ0v) is 15.7. The summed E-state index contributed by atoms with van der Waals surface area (Å²) in [5.74, 6) is -1.06. The number of carbonyl (C=O) groups is 2. The minimum absolute atomic E-state index is 0.165. The molecule has 1 saturated heterocycles. The van der Waals surface area contributed by atoms with E-state index in [1.165, 1.54) is 6.20 Å². The number of likely N-dealkylation sites (tertiary alicyclic amines) is 1. The van der Waals surface area contributed by atoms with E-state index >= 15 is 0 Å². The third-order valence-electron chi connectivity index (χ3n) is 4.72. The van der Waals surface area contributed by atoms with Crippen molar-refractivity contribution in [1.29, 1.82) is 0 Å². The maximum atomic E-state index is 12.6. The number of aromatic nitrogens is 4. The Morgan fingerprint density at radius 1 is 1.07 bits per heavy atom. The first-order valence-corrected chi connectivity index (χ1v) is 9.70. The second-order valence-corrected chi connectivity index (χ2v) is 7.36. The van der Waals surface area contributed by atoms with Crippen molar-refractivity contribution >= 4 is 23.2 Å². The van der Waals surface area contributed by atoms with Gasteiger partial charge in [-0.25, -0.2) is 19.7 Å². The van der Waals surface area contributed by atoms with Crippen molar-refractivity contribution in [3.05, 3.63) is 58.7 Å². The van der Waals surface area contributed by atoms with Crippen LogP contribution < -0.4 is 0 Å². The van der Waals surface area contributed by atoms with Crippen LogP contribution in [0.2, 0.25) is 0 Å². The molecule has 142 valence electrons. The Kier molecular flexibility index (Phi) is 5.07. The molecule has 0 radical (unpaired) electrons. The van der Waals surface area contributed by atoms with Crippen LogP contribution in [0.3, 0.4) is 0 Å². The van der Waals surface area contributed by atoms with Crippen LogP contribution in [0.1, 0.15) is 44.7 Å². The number of aromatic carboxylic acids is 1. The smallest absolute Gasteiger partial charge is 0.356 e. The molecule has 0 spiro atoms. The fraction of sp³-hybridized carbons (Fsp3) is 0.263. The topological polar surface area (TPSA) is 109 Å². The largest absolute Gasteiger partial charge is 0.476 e. The number of nitrogens with zero attached hydrogens (tertiary/aromatic N) is 5. The van der Waals surface area contributed by atoms with Gasteiger partial charge in [-0.15, -0.1) is 11.3 Å². The lowest BCUT2D eigenvalue weighted by molar-refractivity contribution is 0.0679. The molecular formula is C19H17N5O3S. The van der Waals surface area contributed by atoms with E-state index in [1.807, 2.05) is 12.1 Å². The summed E-state index contributed by atoms with van der Waals surface area (Å²) in [5.41, 5.74) is 1.99. The fourth-order valence-corrected chi connectivity index (χ4v) is 4.17. The highest BCUT2D eigenvalue weighted by molar-refractivity contribution is 7.10. The van der Waals surface area contributed by atoms with Gasteiger partial charge in [-0.3, -0.25) is 9.78 Å². The van der Waals surface area contributed by atoms with E-state index in [0.717, 1.165) is 35.3 Å². The van der Waals surface area contributed by atoms with Gasteiger partial charge < -0.3 is 10.0 Å². The Hall–Kier alpha value is -3.20. The summed E-state index contributed by atoms with van der Waals surface area (Å²) in [6.45, 7) is 1.21. The molecule has 1 N–H and O–H groups in total. The standard InChI is InChI=1S/C19H17N5O3S/c25-18(14-9-22-15(10-21-14)19(26)27)24-7-3-13(4-8-24)17-23-16(11-28-17)12-1-5-20-6-2-12/h1-2,5-6,9-11,13H,3-4,7-8H2,(H,26,27). The number of amides is 1. The summed E-state index contributed by atoms with van der Waals surface area (Å²) in [5, 5.41) is 12.0. The molecule has 1 fully saturated rings. The van der Waals surface area contributed by atoms with Crippen LogP contribution in [0.15, 0.2) is 42.3 Å². The van der Waals surface area contributed by atoms with E-state index in [0.29, 0.717) is 19.0 Å². The Labute approximate surface area is 164 Å². The minimum Gasteiger partial charge on any atom is -0.476 e. The molecule has 28 heavy (non-hydrogen) atoms. The lowest BCUT2D eigenvalue weighted by Crippen LogP contribution is -2.38. The Bertz CT molecular complexity index is 982. The number of rotatable bonds is 4. The number of carboxylic acid groups (broad SMARTS) is 1. The van der Waals surface area contributed by atoms with Crippen LogP contribution in [0.25, 0.3) is 11.3 Å². The Morgan fingerprint density at radius 2 is 1.75 bits per heavy atom. The number of piperidine rings is 1. The number of thiazole rings is 1. The van der Waals surface area contributed by atoms with E-state index in [1.54, 1.807) is 28.6 Å². The third-order valence-corrected chi connectivity index (χ3v) is 5.73. The predicted octanol–water partition coefficient (Wildman–Crippen LogP) is 2.71. The van der Waals surface area contributed by atoms with Gasteiger partial charge in [0, 0.05) is 42.3 Å². The summed E-state index contributed by atoms with van der Waals surface area (Å²) in [4.78, 5) is 41.6.